The molecule has 0 aliphatic heterocycles. The number of aromatic nitrogens is 1. The number of pyridine rings is 1. The van der Waals surface area contributed by atoms with Crippen molar-refractivity contribution in [3.8, 4) is 11.6 Å². The lowest BCUT2D eigenvalue weighted by atomic mass is 10.2. The van der Waals surface area contributed by atoms with Crippen LogP contribution in [0, 0.1) is 0 Å². The highest BCUT2D eigenvalue weighted by atomic mass is 35.5. The molecule has 3 nitrogen and oxygen atoms in total. The molecular weight excluding hydrogens is 281 g/mol. The van der Waals surface area contributed by atoms with Crippen LogP contribution in [0.25, 0.3) is 0 Å². The first-order chi connectivity index (χ1) is 8.86. The third-order valence-corrected chi connectivity index (χ3v) is 2.53. The molecule has 1 aromatic heterocycles. The number of hydrogen-bond acceptors (Lipinski definition) is 3. The Labute approximate surface area is 111 Å². The maximum absolute atomic E-state index is 12.5. The van der Waals surface area contributed by atoms with Crippen molar-refractivity contribution in [1.82, 2.24) is 4.98 Å². The average Bonchev–Trinajstić information content (AvgIpc) is 2.32. The van der Waals surface area contributed by atoms with E-state index in [4.69, 9.17) is 22.1 Å². The van der Waals surface area contributed by atoms with Crippen molar-refractivity contribution in [1.29, 1.82) is 0 Å². The zero-order chi connectivity index (χ0) is 14.0. The first-order valence-electron chi connectivity index (χ1n) is 5.12. The van der Waals surface area contributed by atoms with Crippen LogP contribution in [0.15, 0.2) is 36.5 Å². The van der Waals surface area contributed by atoms with Gasteiger partial charge >= 0.3 is 6.18 Å². The van der Waals surface area contributed by atoms with Crippen LogP contribution in [0.3, 0.4) is 0 Å². The lowest BCUT2D eigenvalue weighted by Crippen LogP contribution is -2.05. The quantitative estimate of drug-likeness (QED) is 0.845. The van der Waals surface area contributed by atoms with Crippen molar-refractivity contribution >= 4 is 17.3 Å². The number of hydrogen-bond donors (Lipinski definition) is 1. The summed E-state index contributed by atoms with van der Waals surface area (Å²) in [6.07, 6.45) is -3.44. The van der Waals surface area contributed by atoms with Gasteiger partial charge in [0.25, 0.3) is 0 Å². The summed E-state index contributed by atoms with van der Waals surface area (Å²) in [4.78, 5) is 3.70. The van der Waals surface area contributed by atoms with Crippen molar-refractivity contribution in [3.05, 3.63) is 47.1 Å². The Morgan fingerprint density at radius 3 is 2.53 bits per heavy atom. The van der Waals surface area contributed by atoms with Gasteiger partial charge in [0.05, 0.1) is 10.6 Å². The van der Waals surface area contributed by atoms with Gasteiger partial charge in [-0.15, -0.1) is 0 Å². The molecule has 0 radical (unpaired) electrons. The van der Waals surface area contributed by atoms with Crippen molar-refractivity contribution < 1.29 is 17.9 Å². The molecule has 2 rings (SSSR count). The van der Waals surface area contributed by atoms with Crippen molar-refractivity contribution in [2.75, 3.05) is 5.73 Å². The Hall–Kier alpha value is -1.95. The standard InChI is InChI=1S/C12H8ClF3N2O/c13-9-6-8(17)1-2-10(9)19-11-5-7(3-4-18-11)12(14,15)16/h1-6H,17H2. The molecule has 0 spiro atoms. The lowest BCUT2D eigenvalue weighted by Gasteiger charge is -2.10. The number of nitrogen functional groups attached to an aromatic ring is 1. The number of nitrogens with two attached hydrogens (primary N) is 1. The summed E-state index contributed by atoms with van der Waals surface area (Å²) < 4.78 is 42.7. The van der Waals surface area contributed by atoms with Gasteiger partial charge in [-0.05, 0) is 24.3 Å². The maximum Gasteiger partial charge on any atom is 0.416 e. The van der Waals surface area contributed by atoms with Crippen LogP contribution in [-0.4, -0.2) is 4.98 Å². The first-order valence-corrected chi connectivity index (χ1v) is 5.50. The molecular formula is C12H8ClF3N2O. The van der Waals surface area contributed by atoms with Gasteiger partial charge in [-0.1, -0.05) is 11.6 Å². The first kappa shape index (κ1) is 13.5. The van der Waals surface area contributed by atoms with E-state index in [0.717, 1.165) is 18.3 Å². The molecule has 2 aromatic rings. The molecule has 0 aliphatic rings. The molecule has 0 bridgehead atoms. The van der Waals surface area contributed by atoms with Crippen LogP contribution in [0.2, 0.25) is 5.02 Å². The summed E-state index contributed by atoms with van der Waals surface area (Å²) in [5.41, 5.74) is 5.08. The smallest absolute Gasteiger partial charge is 0.416 e. The number of alkyl halides is 3. The second-order valence-electron chi connectivity index (χ2n) is 3.67. The summed E-state index contributed by atoms with van der Waals surface area (Å²) in [6, 6.07) is 6.07. The topological polar surface area (TPSA) is 48.1 Å². The molecule has 1 aromatic carbocycles. The highest BCUT2D eigenvalue weighted by molar-refractivity contribution is 6.32. The molecule has 19 heavy (non-hydrogen) atoms. The average molecular weight is 289 g/mol. The van der Waals surface area contributed by atoms with Crippen LogP contribution in [0.5, 0.6) is 11.6 Å². The summed E-state index contributed by atoms with van der Waals surface area (Å²) in [5.74, 6) is -0.0100. The van der Waals surface area contributed by atoms with Crippen molar-refractivity contribution in [2.45, 2.75) is 6.18 Å². The fraction of sp³-hybridized carbons (Fsp3) is 0.0833. The van der Waals surface area contributed by atoms with E-state index >= 15 is 0 Å². The molecule has 7 heteroatoms. The summed E-state index contributed by atoms with van der Waals surface area (Å²) in [5, 5.41) is 0.194. The van der Waals surface area contributed by atoms with E-state index in [9.17, 15) is 13.2 Å². The van der Waals surface area contributed by atoms with Gasteiger partial charge in [0, 0.05) is 18.0 Å². The van der Waals surface area contributed by atoms with E-state index in [1.165, 1.54) is 18.2 Å². The Morgan fingerprint density at radius 1 is 1.16 bits per heavy atom. The lowest BCUT2D eigenvalue weighted by molar-refractivity contribution is -0.137. The van der Waals surface area contributed by atoms with Gasteiger partial charge in [0.1, 0.15) is 5.75 Å². The molecule has 0 saturated carbocycles. The van der Waals surface area contributed by atoms with Crippen molar-refractivity contribution in [2.24, 2.45) is 0 Å². The normalized spacial score (nSPS) is 11.4. The molecule has 100 valence electrons. The number of anilines is 1. The van der Waals surface area contributed by atoms with Crippen molar-refractivity contribution in [3.63, 3.8) is 0 Å². The molecule has 0 aliphatic carbocycles. The Morgan fingerprint density at radius 2 is 1.89 bits per heavy atom. The monoisotopic (exact) mass is 288 g/mol. The minimum Gasteiger partial charge on any atom is -0.437 e. The molecule has 0 fully saturated rings. The van der Waals surface area contributed by atoms with E-state index in [1.807, 2.05) is 0 Å². The molecule has 0 amide bonds. The van der Waals surface area contributed by atoms with Crippen LogP contribution < -0.4 is 10.5 Å². The number of nitrogens with zero attached hydrogens (tertiary/aromatic N) is 1. The Balaban J connectivity index is 2.29. The fourth-order valence-electron chi connectivity index (χ4n) is 1.35. The van der Waals surface area contributed by atoms with Crippen LogP contribution in [-0.2, 0) is 6.18 Å². The zero-order valence-corrected chi connectivity index (χ0v) is 10.2. The van der Waals surface area contributed by atoms with E-state index in [-0.39, 0.29) is 16.7 Å². The van der Waals surface area contributed by atoms with Gasteiger partial charge in [-0.2, -0.15) is 13.2 Å². The molecule has 2 N–H and O–H groups in total. The highest BCUT2D eigenvalue weighted by Gasteiger charge is 2.31. The maximum atomic E-state index is 12.5. The van der Waals surface area contributed by atoms with Crippen LogP contribution >= 0.6 is 11.6 Å². The van der Waals surface area contributed by atoms with E-state index in [1.54, 1.807) is 0 Å². The van der Waals surface area contributed by atoms with E-state index in [2.05, 4.69) is 4.98 Å². The summed E-state index contributed by atoms with van der Waals surface area (Å²) in [6.45, 7) is 0. The van der Waals surface area contributed by atoms with E-state index < -0.39 is 11.7 Å². The molecule has 0 atom stereocenters. The zero-order valence-electron chi connectivity index (χ0n) is 9.41. The minimum absolute atomic E-state index is 0.183. The summed E-state index contributed by atoms with van der Waals surface area (Å²) >= 11 is 5.85. The van der Waals surface area contributed by atoms with Gasteiger partial charge < -0.3 is 10.5 Å². The number of rotatable bonds is 2. The molecule has 0 unspecified atom stereocenters. The number of benzene rings is 1. The molecule has 1 heterocycles. The highest BCUT2D eigenvalue weighted by Crippen LogP contribution is 2.33. The van der Waals surface area contributed by atoms with Gasteiger partial charge in [-0.3, -0.25) is 0 Å². The van der Waals surface area contributed by atoms with Gasteiger partial charge in [-0.25, -0.2) is 4.98 Å². The largest absolute Gasteiger partial charge is 0.437 e. The predicted octanol–water partition coefficient (Wildman–Crippen LogP) is 4.13. The van der Waals surface area contributed by atoms with Gasteiger partial charge in [0.15, 0.2) is 0 Å². The van der Waals surface area contributed by atoms with Crippen LogP contribution in [0.4, 0.5) is 18.9 Å². The minimum atomic E-state index is -4.45. The SMILES string of the molecule is Nc1ccc(Oc2cc(C(F)(F)F)ccn2)c(Cl)c1. The Bertz CT molecular complexity index is 602. The van der Waals surface area contributed by atoms with Gasteiger partial charge in [0.2, 0.25) is 5.88 Å². The predicted molar refractivity (Wildman–Crippen MR) is 65.2 cm³/mol. The number of ether oxygens (including phenoxy) is 1. The Kier molecular flexibility index (Phi) is 3.53. The number of halogens is 4. The second-order valence-corrected chi connectivity index (χ2v) is 4.08. The third-order valence-electron chi connectivity index (χ3n) is 2.23. The third kappa shape index (κ3) is 3.29. The van der Waals surface area contributed by atoms with E-state index in [0.29, 0.717) is 5.69 Å². The second kappa shape index (κ2) is 4.97. The summed E-state index contributed by atoms with van der Waals surface area (Å²) in [7, 11) is 0. The van der Waals surface area contributed by atoms with Crippen LogP contribution in [0.1, 0.15) is 5.56 Å². The fourth-order valence-corrected chi connectivity index (χ4v) is 1.58. The molecule has 0 saturated heterocycles.